The third kappa shape index (κ3) is 11.6. The summed E-state index contributed by atoms with van der Waals surface area (Å²) in [6, 6.07) is 0. The minimum Gasteiger partial charge on any atom is -0.481 e. The zero-order valence-corrected chi connectivity index (χ0v) is 49.1. The number of carbonyl (C=O) groups is 2. The van der Waals surface area contributed by atoms with Crippen LogP contribution in [0.25, 0.3) is 0 Å². The Hall–Kier alpha value is -2.20. The molecule has 9 rings (SSSR count). The lowest BCUT2D eigenvalue weighted by Gasteiger charge is -2.72. The van der Waals surface area contributed by atoms with Gasteiger partial charge in [0.2, 0.25) is 0 Å². The van der Waals surface area contributed by atoms with Crippen molar-refractivity contribution in [1.82, 2.24) is 0 Å². The molecule has 0 aromatic heterocycles. The summed E-state index contributed by atoms with van der Waals surface area (Å²) >= 11 is 0. The van der Waals surface area contributed by atoms with Crippen LogP contribution >= 0.6 is 0 Å². The molecular formula is C58H94O26. The molecule has 0 unspecified atom stereocenters. The molecule has 0 aromatic carbocycles. The van der Waals surface area contributed by atoms with E-state index in [1.165, 1.54) is 5.57 Å². The van der Waals surface area contributed by atoms with E-state index in [0.29, 0.717) is 38.5 Å². The number of fused-ring (bicyclic) bond motifs is 7. The molecule has 0 spiro atoms. The summed E-state index contributed by atoms with van der Waals surface area (Å²) in [6.45, 7) is 11.6. The number of aliphatic hydroxyl groups is 14. The second-order valence-corrected chi connectivity index (χ2v) is 28.0. The van der Waals surface area contributed by atoms with E-state index < -0.39 is 196 Å². The maximum Gasteiger partial charge on any atom is 0.309 e. The molecule has 5 aliphatic carbocycles. The predicted octanol–water partition coefficient (Wildman–Crippen LogP) is -2.17. The number of carbonyl (C=O) groups excluding carboxylic acids is 1. The van der Waals surface area contributed by atoms with Crippen molar-refractivity contribution in [2.75, 3.05) is 39.6 Å². The molecule has 0 amide bonds. The molecule has 9 aliphatic rings. The van der Waals surface area contributed by atoms with Crippen molar-refractivity contribution in [1.29, 1.82) is 0 Å². The lowest BCUT2D eigenvalue weighted by molar-refractivity contribution is -0.392. The number of allylic oxidation sites excluding steroid dienone is 2. The molecule has 15 N–H and O–H groups in total. The van der Waals surface area contributed by atoms with Crippen LogP contribution in [0.5, 0.6) is 0 Å². The van der Waals surface area contributed by atoms with Gasteiger partial charge in [0.1, 0.15) is 79.4 Å². The van der Waals surface area contributed by atoms with Gasteiger partial charge < -0.3 is 119 Å². The molecule has 4 heterocycles. The first-order valence-electron chi connectivity index (χ1n) is 29.9. The quantitative estimate of drug-likeness (QED) is 0.0418. The van der Waals surface area contributed by atoms with E-state index in [9.17, 15) is 81.1 Å². The first kappa shape index (κ1) is 66.2. The summed E-state index contributed by atoms with van der Waals surface area (Å²) in [5, 5.41) is 163. The minimum atomic E-state index is -2.04. The Kier molecular flexibility index (Phi) is 19.3. The van der Waals surface area contributed by atoms with E-state index in [1.54, 1.807) is 0 Å². The SMILES string of the molecule is CC1(C)[C@@H](O[C@@H]2OC[C@H](O[C@@H]3O[C@H](CO)[C@@H](O)[C@H](O)[C@H]3O[C@@H]3OC[C@@H](OC(=O)C[C@@](C)(O)CC(=O)O)[C@H](O)[C@H]3O)[C@H](O)[C@H]2O[C@@H]2O[C@H](CO)[C@@H](O)[C@H](O)[C@H]2O)CC[C@]2(C)[C@H]3CC=C4[C@@H]5C[C@@](C)(CO)CC[C@]5(CO)[C@H](O)C[C@@]4(C)[C@]3(C)CC[C@@H]12. The molecule has 26 heteroatoms. The molecule has 0 aromatic rings. The van der Waals surface area contributed by atoms with Crippen molar-refractivity contribution in [2.45, 2.75) is 248 Å². The fourth-order valence-corrected chi connectivity index (χ4v) is 17.2. The van der Waals surface area contributed by atoms with Crippen molar-refractivity contribution < 1.29 is 129 Å². The third-order valence-electron chi connectivity index (χ3n) is 22.4. The number of aliphatic carboxylic acids is 1. The van der Waals surface area contributed by atoms with Gasteiger partial charge in [-0.05, 0) is 110 Å². The first-order chi connectivity index (χ1) is 39.3. The van der Waals surface area contributed by atoms with Gasteiger partial charge in [0, 0.05) is 12.0 Å². The van der Waals surface area contributed by atoms with E-state index in [2.05, 4.69) is 47.6 Å². The standard InChI is InChI=1S/C58H94O26/c1-52(2)32-10-13-56(6)33(9-8-26-27-16-53(3,24-61)14-15-58(27,25-62)34(63)17-57(26,56)7)55(32,5)12-11-35(52)82-50-46(84-49-45(74)42(71)38(67)28(20-59)79-49)41(70)31(23-77-50)81-51-47(43(72)39(68)29(21-60)80-51)83-48-44(73)40(69)30(22-76-48)78-37(66)19-54(4,75)18-36(64)65/h8,27-35,38-51,59-63,67-75H,9-25H2,1-7H3,(H,64,65)/t27-,28+,29+,30+,31-,32-,33+,34+,35-,38+,39+,40-,41-,42-,43-,44+,45+,46+,47+,48-,49-,50-,51-,53-,54-,55-,56+,57+,58+/m0/s1. The molecule has 29 atom stereocenters. The fraction of sp³-hybridized carbons (Fsp3) is 0.931. The van der Waals surface area contributed by atoms with Crippen LogP contribution in [0.1, 0.15) is 119 Å². The molecular weight excluding hydrogens is 1110 g/mol. The Morgan fingerprint density at radius 3 is 1.87 bits per heavy atom. The number of rotatable bonds is 17. The molecule has 4 saturated heterocycles. The highest BCUT2D eigenvalue weighted by molar-refractivity contribution is 5.74. The molecule has 8 fully saturated rings. The molecule has 482 valence electrons. The Labute approximate surface area is 488 Å². The van der Waals surface area contributed by atoms with Crippen LogP contribution in [0, 0.1) is 50.2 Å². The molecule has 0 bridgehead atoms. The zero-order valence-electron chi connectivity index (χ0n) is 49.1. The summed E-state index contributed by atoms with van der Waals surface area (Å²) in [5.41, 5.74) is -3.24. The smallest absolute Gasteiger partial charge is 0.309 e. The maximum absolute atomic E-state index is 12.7. The summed E-state index contributed by atoms with van der Waals surface area (Å²) in [5.74, 6) is -2.37. The first-order valence-corrected chi connectivity index (χ1v) is 29.9. The maximum atomic E-state index is 12.7. The van der Waals surface area contributed by atoms with Crippen molar-refractivity contribution in [3.8, 4) is 0 Å². The average Bonchev–Trinajstić information content (AvgIpc) is 0.916. The van der Waals surface area contributed by atoms with Gasteiger partial charge in [0.15, 0.2) is 31.3 Å². The average molecular weight is 1210 g/mol. The topological polar surface area (TPSA) is 421 Å². The number of aliphatic hydroxyl groups excluding tert-OH is 13. The molecule has 4 saturated carbocycles. The summed E-state index contributed by atoms with van der Waals surface area (Å²) < 4.78 is 54.3. The summed E-state index contributed by atoms with van der Waals surface area (Å²) in [4.78, 5) is 23.8. The summed E-state index contributed by atoms with van der Waals surface area (Å²) in [6.07, 6.45) is -26.1. The monoisotopic (exact) mass is 1210 g/mol. The number of hydrogen-bond acceptors (Lipinski definition) is 25. The van der Waals surface area contributed by atoms with Gasteiger partial charge in [-0.1, -0.05) is 53.2 Å². The van der Waals surface area contributed by atoms with Crippen molar-refractivity contribution in [3.63, 3.8) is 0 Å². The highest BCUT2D eigenvalue weighted by atomic mass is 16.8. The van der Waals surface area contributed by atoms with E-state index in [0.717, 1.165) is 26.2 Å². The number of esters is 1. The lowest BCUT2D eigenvalue weighted by atomic mass is 9.33. The van der Waals surface area contributed by atoms with Gasteiger partial charge in [-0.15, -0.1) is 0 Å². The van der Waals surface area contributed by atoms with Crippen molar-refractivity contribution in [2.24, 2.45) is 50.2 Å². The number of ether oxygens (including phenoxy) is 9. The van der Waals surface area contributed by atoms with Crippen molar-refractivity contribution in [3.05, 3.63) is 11.6 Å². The predicted molar refractivity (Wildman–Crippen MR) is 285 cm³/mol. The molecule has 0 radical (unpaired) electrons. The van der Waals surface area contributed by atoms with E-state index in [1.807, 2.05) is 0 Å². The number of carboxylic acid groups (broad SMARTS) is 1. The van der Waals surface area contributed by atoms with Crippen LogP contribution in [-0.2, 0) is 52.2 Å². The third-order valence-corrected chi connectivity index (χ3v) is 22.4. The van der Waals surface area contributed by atoms with E-state index in [4.69, 9.17) is 47.7 Å². The molecule has 26 nitrogen and oxygen atoms in total. The van der Waals surface area contributed by atoms with Gasteiger partial charge in [0.25, 0.3) is 0 Å². The lowest BCUT2D eigenvalue weighted by Crippen LogP contribution is -2.68. The normalized spacial score (nSPS) is 51.0. The van der Waals surface area contributed by atoms with Gasteiger partial charge in [-0.2, -0.15) is 0 Å². The van der Waals surface area contributed by atoms with Crippen LogP contribution in [0.15, 0.2) is 11.6 Å². The number of hydrogen-bond donors (Lipinski definition) is 15. The Bertz CT molecular complexity index is 2340. The molecule has 4 aliphatic heterocycles. The highest BCUT2D eigenvalue weighted by Crippen LogP contribution is 2.76. The van der Waals surface area contributed by atoms with Crippen LogP contribution in [0.2, 0.25) is 0 Å². The Balaban J connectivity index is 0.939. The fourth-order valence-electron chi connectivity index (χ4n) is 17.2. The van der Waals surface area contributed by atoms with Crippen LogP contribution in [0.4, 0.5) is 0 Å². The second kappa shape index (κ2) is 24.5. The van der Waals surface area contributed by atoms with Crippen molar-refractivity contribution >= 4 is 11.9 Å². The van der Waals surface area contributed by atoms with Crippen LogP contribution < -0.4 is 0 Å². The highest BCUT2D eigenvalue weighted by Gasteiger charge is 2.70. The largest absolute Gasteiger partial charge is 0.481 e. The van der Waals surface area contributed by atoms with Gasteiger partial charge in [-0.25, -0.2) is 0 Å². The second-order valence-electron chi connectivity index (χ2n) is 28.0. The Morgan fingerprint density at radius 1 is 0.619 bits per heavy atom. The number of carboxylic acids is 1. The van der Waals surface area contributed by atoms with Gasteiger partial charge >= 0.3 is 11.9 Å². The van der Waals surface area contributed by atoms with Gasteiger partial charge in [-0.3, -0.25) is 9.59 Å². The summed E-state index contributed by atoms with van der Waals surface area (Å²) in [7, 11) is 0. The minimum absolute atomic E-state index is 0.0233. The van der Waals surface area contributed by atoms with Crippen LogP contribution in [0.3, 0.4) is 0 Å². The van der Waals surface area contributed by atoms with E-state index >= 15 is 0 Å². The van der Waals surface area contributed by atoms with Crippen LogP contribution in [-0.4, -0.2) is 257 Å². The van der Waals surface area contributed by atoms with E-state index in [-0.39, 0.29) is 47.2 Å². The molecule has 84 heavy (non-hydrogen) atoms. The Morgan fingerprint density at radius 2 is 1.23 bits per heavy atom. The zero-order chi connectivity index (χ0) is 61.6. The van der Waals surface area contributed by atoms with Gasteiger partial charge in [0.05, 0.1) is 63.7 Å².